The van der Waals surface area contributed by atoms with E-state index < -0.39 is 0 Å². The SMILES string of the molecule is CCN(CC)c1nc(Nc2cc(OC)ccc2OC)nc2ccccc12. The molecule has 1 N–H and O–H groups in total. The van der Waals surface area contributed by atoms with Crippen molar-refractivity contribution in [1.29, 1.82) is 0 Å². The molecule has 26 heavy (non-hydrogen) atoms. The zero-order valence-electron chi connectivity index (χ0n) is 15.6. The molecule has 1 heterocycles. The normalized spacial score (nSPS) is 10.6. The molecule has 0 spiro atoms. The Bertz CT molecular complexity index is 894. The maximum absolute atomic E-state index is 5.44. The van der Waals surface area contributed by atoms with Crippen LogP contribution in [0.4, 0.5) is 17.5 Å². The quantitative estimate of drug-likeness (QED) is 0.686. The van der Waals surface area contributed by atoms with Crippen LogP contribution in [-0.2, 0) is 0 Å². The monoisotopic (exact) mass is 352 g/mol. The van der Waals surface area contributed by atoms with Crippen LogP contribution >= 0.6 is 0 Å². The first-order valence-electron chi connectivity index (χ1n) is 8.70. The van der Waals surface area contributed by atoms with Gasteiger partial charge in [-0.05, 0) is 38.1 Å². The fraction of sp³-hybridized carbons (Fsp3) is 0.300. The average Bonchev–Trinajstić information content (AvgIpc) is 2.68. The first-order chi connectivity index (χ1) is 12.7. The van der Waals surface area contributed by atoms with Gasteiger partial charge in [0.05, 0.1) is 25.4 Å². The molecule has 0 saturated carbocycles. The van der Waals surface area contributed by atoms with Crippen LogP contribution in [0, 0.1) is 0 Å². The molecule has 3 rings (SSSR count). The van der Waals surface area contributed by atoms with Crippen LogP contribution in [0.1, 0.15) is 13.8 Å². The Kier molecular flexibility index (Phi) is 5.41. The van der Waals surface area contributed by atoms with Crippen LogP contribution in [0.2, 0.25) is 0 Å². The van der Waals surface area contributed by atoms with E-state index >= 15 is 0 Å². The summed E-state index contributed by atoms with van der Waals surface area (Å²) in [6, 6.07) is 13.6. The zero-order valence-corrected chi connectivity index (χ0v) is 15.6. The Morgan fingerprint density at radius 2 is 1.73 bits per heavy atom. The summed E-state index contributed by atoms with van der Waals surface area (Å²) in [5, 5.41) is 4.32. The molecule has 0 aliphatic rings. The number of fused-ring (bicyclic) bond motifs is 1. The fourth-order valence-electron chi connectivity index (χ4n) is 2.91. The van der Waals surface area contributed by atoms with Crippen molar-refractivity contribution in [3.8, 4) is 11.5 Å². The van der Waals surface area contributed by atoms with Crippen LogP contribution in [0.25, 0.3) is 10.9 Å². The number of nitrogens with zero attached hydrogens (tertiary/aromatic N) is 3. The van der Waals surface area contributed by atoms with E-state index in [4.69, 9.17) is 14.5 Å². The first kappa shape index (κ1) is 17.8. The number of para-hydroxylation sites is 1. The van der Waals surface area contributed by atoms with Crippen LogP contribution in [-0.4, -0.2) is 37.3 Å². The minimum atomic E-state index is 0.525. The van der Waals surface area contributed by atoms with Gasteiger partial charge in [-0.2, -0.15) is 4.98 Å². The molecule has 0 fully saturated rings. The van der Waals surface area contributed by atoms with Crippen molar-refractivity contribution in [2.75, 3.05) is 37.5 Å². The van der Waals surface area contributed by atoms with Gasteiger partial charge < -0.3 is 19.7 Å². The smallest absolute Gasteiger partial charge is 0.229 e. The molecule has 3 aromatic rings. The number of hydrogen-bond acceptors (Lipinski definition) is 6. The molecule has 0 bridgehead atoms. The molecular formula is C20H24N4O2. The highest BCUT2D eigenvalue weighted by Crippen LogP contribution is 2.32. The summed E-state index contributed by atoms with van der Waals surface area (Å²) in [6.45, 7) is 6.00. The van der Waals surface area contributed by atoms with E-state index in [1.807, 2.05) is 36.4 Å². The van der Waals surface area contributed by atoms with Crippen molar-refractivity contribution in [1.82, 2.24) is 9.97 Å². The van der Waals surface area contributed by atoms with E-state index in [1.165, 1.54) is 0 Å². The molecule has 0 saturated heterocycles. The van der Waals surface area contributed by atoms with Crippen molar-refractivity contribution in [3.05, 3.63) is 42.5 Å². The van der Waals surface area contributed by atoms with Crippen molar-refractivity contribution in [3.63, 3.8) is 0 Å². The third kappa shape index (κ3) is 3.49. The van der Waals surface area contributed by atoms with Gasteiger partial charge in [0.2, 0.25) is 5.95 Å². The van der Waals surface area contributed by atoms with Gasteiger partial charge in [0.15, 0.2) is 0 Å². The van der Waals surface area contributed by atoms with Crippen molar-refractivity contribution < 1.29 is 9.47 Å². The predicted octanol–water partition coefficient (Wildman–Crippen LogP) is 4.24. The van der Waals surface area contributed by atoms with Crippen molar-refractivity contribution in [2.45, 2.75) is 13.8 Å². The van der Waals surface area contributed by atoms with Gasteiger partial charge in [0.1, 0.15) is 17.3 Å². The number of anilines is 3. The van der Waals surface area contributed by atoms with Crippen molar-refractivity contribution >= 4 is 28.4 Å². The molecule has 0 amide bonds. The highest BCUT2D eigenvalue weighted by molar-refractivity contribution is 5.90. The summed E-state index contributed by atoms with van der Waals surface area (Å²) < 4.78 is 10.8. The largest absolute Gasteiger partial charge is 0.497 e. The van der Waals surface area contributed by atoms with Crippen LogP contribution in [0.15, 0.2) is 42.5 Å². The molecule has 6 heteroatoms. The minimum absolute atomic E-state index is 0.525. The second-order valence-electron chi connectivity index (χ2n) is 5.75. The molecule has 0 atom stereocenters. The van der Waals surface area contributed by atoms with E-state index in [2.05, 4.69) is 35.1 Å². The Hall–Kier alpha value is -3.02. The molecule has 6 nitrogen and oxygen atoms in total. The summed E-state index contributed by atoms with van der Waals surface area (Å²) in [5.74, 6) is 2.88. The summed E-state index contributed by atoms with van der Waals surface area (Å²) >= 11 is 0. The number of hydrogen-bond donors (Lipinski definition) is 1. The lowest BCUT2D eigenvalue weighted by Crippen LogP contribution is -2.23. The molecule has 136 valence electrons. The van der Waals surface area contributed by atoms with Crippen LogP contribution in [0.5, 0.6) is 11.5 Å². The second-order valence-corrected chi connectivity index (χ2v) is 5.75. The first-order valence-corrected chi connectivity index (χ1v) is 8.70. The van der Waals surface area contributed by atoms with Gasteiger partial charge in [-0.1, -0.05) is 12.1 Å². The maximum Gasteiger partial charge on any atom is 0.229 e. The van der Waals surface area contributed by atoms with Crippen molar-refractivity contribution in [2.24, 2.45) is 0 Å². The highest BCUT2D eigenvalue weighted by atomic mass is 16.5. The second kappa shape index (κ2) is 7.91. The number of aromatic nitrogens is 2. The van der Waals surface area contributed by atoms with E-state index in [-0.39, 0.29) is 0 Å². The van der Waals surface area contributed by atoms with Gasteiger partial charge >= 0.3 is 0 Å². The standard InChI is InChI=1S/C20H24N4O2/c1-5-24(6-2)19-15-9-7-8-10-16(15)21-20(23-19)22-17-13-14(25-3)11-12-18(17)26-4/h7-13H,5-6H2,1-4H3,(H,21,22,23). The number of benzene rings is 2. The molecule has 1 aromatic heterocycles. The highest BCUT2D eigenvalue weighted by Gasteiger charge is 2.14. The van der Waals surface area contributed by atoms with Gasteiger partial charge in [-0.3, -0.25) is 0 Å². The summed E-state index contributed by atoms with van der Waals surface area (Å²) in [4.78, 5) is 11.7. The topological polar surface area (TPSA) is 59.5 Å². The van der Waals surface area contributed by atoms with Crippen LogP contribution < -0.4 is 19.7 Å². The third-order valence-electron chi connectivity index (χ3n) is 4.30. The zero-order chi connectivity index (χ0) is 18.5. The van der Waals surface area contributed by atoms with Gasteiger partial charge in [-0.15, -0.1) is 0 Å². The molecule has 0 radical (unpaired) electrons. The summed E-state index contributed by atoms with van der Waals surface area (Å²) in [5.41, 5.74) is 1.65. The molecule has 0 aliphatic heterocycles. The van der Waals surface area contributed by atoms with Gasteiger partial charge in [0, 0.05) is 24.5 Å². The number of methoxy groups -OCH3 is 2. The molecule has 0 aliphatic carbocycles. The maximum atomic E-state index is 5.44. The lowest BCUT2D eigenvalue weighted by Gasteiger charge is -2.22. The number of rotatable bonds is 7. The lowest BCUT2D eigenvalue weighted by molar-refractivity contribution is 0.405. The Morgan fingerprint density at radius 3 is 2.42 bits per heavy atom. The van der Waals surface area contributed by atoms with Gasteiger partial charge in [0.25, 0.3) is 0 Å². The average molecular weight is 352 g/mol. The van der Waals surface area contributed by atoms with Gasteiger partial charge in [-0.25, -0.2) is 4.98 Å². The fourth-order valence-corrected chi connectivity index (χ4v) is 2.91. The lowest BCUT2D eigenvalue weighted by atomic mass is 10.2. The van der Waals surface area contributed by atoms with Crippen LogP contribution in [0.3, 0.4) is 0 Å². The van der Waals surface area contributed by atoms with E-state index in [1.54, 1.807) is 14.2 Å². The third-order valence-corrected chi connectivity index (χ3v) is 4.30. The summed E-state index contributed by atoms with van der Waals surface area (Å²) in [6.07, 6.45) is 0. The predicted molar refractivity (Wildman–Crippen MR) is 106 cm³/mol. The Labute approximate surface area is 153 Å². The molecule has 2 aromatic carbocycles. The Balaban J connectivity index is 2.09. The Morgan fingerprint density at radius 1 is 0.962 bits per heavy atom. The molecular weight excluding hydrogens is 328 g/mol. The van der Waals surface area contributed by atoms with E-state index in [9.17, 15) is 0 Å². The number of ether oxygens (including phenoxy) is 2. The van der Waals surface area contributed by atoms with E-state index in [0.717, 1.165) is 41.2 Å². The minimum Gasteiger partial charge on any atom is -0.497 e. The molecule has 0 unspecified atom stereocenters. The summed E-state index contributed by atoms with van der Waals surface area (Å²) in [7, 11) is 3.27. The van der Waals surface area contributed by atoms with E-state index in [0.29, 0.717) is 11.7 Å². The number of nitrogens with one attached hydrogen (secondary N) is 1.